The van der Waals surface area contributed by atoms with E-state index < -0.39 is 4.92 Å². The minimum absolute atomic E-state index is 0.0333. The molecule has 0 aliphatic heterocycles. The number of aromatic hydroxyl groups is 1. The number of phenolic OH excluding ortho intramolecular Hbond substituents is 1. The molecule has 0 amide bonds. The van der Waals surface area contributed by atoms with E-state index >= 15 is 0 Å². The highest BCUT2D eigenvalue weighted by molar-refractivity contribution is 8.01. The second-order valence-electron chi connectivity index (χ2n) is 8.05. The number of benzene rings is 4. The lowest BCUT2D eigenvalue weighted by Gasteiger charge is -2.03. The molecule has 9 heteroatoms. The molecule has 1 N–H and O–H groups in total. The van der Waals surface area contributed by atoms with Crippen LogP contribution in [0.5, 0.6) is 5.75 Å². The van der Waals surface area contributed by atoms with Crippen molar-refractivity contribution in [1.29, 1.82) is 0 Å². The summed E-state index contributed by atoms with van der Waals surface area (Å²) in [4.78, 5) is 32.1. The number of ketones is 1. The number of nitro benzene ring substituents is 1. The lowest BCUT2D eigenvalue weighted by atomic mass is 10.0. The molecule has 182 valence electrons. The molecule has 0 atom stereocenters. The van der Waals surface area contributed by atoms with Crippen molar-refractivity contribution in [2.24, 2.45) is 4.99 Å². The molecular formula is C28H19N3O4S2. The average Bonchev–Trinajstić information content (AvgIpc) is 3.34. The van der Waals surface area contributed by atoms with Crippen LogP contribution in [0.1, 0.15) is 15.9 Å². The number of aliphatic imine (C=N–C) groups is 1. The van der Waals surface area contributed by atoms with E-state index in [4.69, 9.17) is 0 Å². The van der Waals surface area contributed by atoms with Crippen LogP contribution in [0.3, 0.4) is 0 Å². The van der Waals surface area contributed by atoms with Gasteiger partial charge in [0.1, 0.15) is 5.75 Å². The summed E-state index contributed by atoms with van der Waals surface area (Å²) < 4.78 is 1.68. The first kappa shape index (κ1) is 24.4. The second-order valence-corrected chi connectivity index (χ2v) is 10.3. The van der Waals surface area contributed by atoms with Crippen LogP contribution in [0, 0.1) is 10.1 Å². The van der Waals surface area contributed by atoms with E-state index in [0.717, 1.165) is 25.7 Å². The molecule has 0 bridgehead atoms. The minimum atomic E-state index is -0.524. The predicted molar refractivity (Wildman–Crippen MR) is 149 cm³/mol. The van der Waals surface area contributed by atoms with Gasteiger partial charge in [-0.05, 0) is 35.4 Å². The number of fused-ring (bicyclic) bond motifs is 1. The average molecular weight is 526 g/mol. The highest BCUT2D eigenvalue weighted by Gasteiger charge is 2.12. The van der Waals surface area contributed by atoms with Gasteiger partial charge in [-0.1, -0.05) is 66.4 Å². The number of thiazole rings is 1. The van der Waals surface area contributed by atoms with Crippen LogP contribution < -0.4 is 0 Å². The lowest BCUT2D eigenvalue weighted by Crippen LogP contribution is -2.01. The first-order valence-corrected chi connectivity index (χ1v) is 13.0. The summed E-state index contributed by atoms with van der Waals surface area (Å²) in [7, 11) is 0. The number of hydrogen-bond acceptors (Lipinski definition) is 8. The van der Waals surface area contributed by atoms with Gasteiger partial charge in [0.05, 0.1) is 26.6 Å². The molecule has 0 aliphatic rings. The van der Waals surface area contributed by atoms with Crippen molar-refractivity contribution in [1.82, 2.24) is 4.98 Å². The highest BCUT2D eigenvalue weighted by Crippen LogP contribution is 2.33. The molecule has 0 radical (unpaired) electrons. The molecule has 0 unspecified atom stereocenters. The number of Topliss-reactive ketones (excluding diaryl/α,β-unsaturated/α-hetero) is 1. The van der Waals surface area contributed by atoms with Crippen molar-refractivity contribution in [3.63, 3.8) is 0 Å². The molecule has 37 heavy (non-hydrogen) atoms. The zero-order chi connectivity index (χ0) is 25.8. The summed E-state index contributed by atoms with van der Waals surface area (Å²) in [6, 6.07) is 26.9. The Morgan fingerprint density at radius 1 is 1.00 bits per heavy atom. The summed E-state index contributed by atoms with van der Waals surface area (Å²) in [5.74, 6) is 0.221. The van der Waals surface area contributed by atoms with Gasteiger partial charge in [-0.2, -0.15) is 0 Å². The van der Waals surface area contributed by atoms with Gasteiger partial charge in [-0.3, -0.25) is 19.9 Å². The molecule has 0 saturated carbocycles. The SMILES string of the molecule is O=C(CSc1nc2ccc(N=Cc3cc([N+](=O)[O-])ccc3O)cc2s1)c1ccc(-c2ccccc2)cc1. The van der Waals surface area contributed by atoms with Crippen molar-refractivity contribution in [2.45, 2.75) is 4.34 Å². The van der Waals surface area contributed by atoms with Crippen molar-refractivity contribution in [3.05, 3.63) is 112 Å². The molecule has 1 aromatic heterocycles. The molecule has 7 nitrogen and oxygen atoms in total. The van der Waals surface area contributed by atoms with E-state index in [0.29, 0.717) is 11.3 Å². The number of non-ortho nitro benzene ring substituents is 1. The Hall–Kier alpha value is -4.34. The van der Waals surface area contributed by atoms with Crippen LogP contribution in [0.2, 0.25) is 0 Å². The van der Waals surface area contributed by atoms with E-state index in [2.05, 4.69) is 9.98 Å². The van der Waals surface area contributed by atoms with Crippen LogP contribution in [-0.2, 0) is 0 Å². The van der Waals surface area contributed by atoms with Crippen molar-refractivity contribution < 1.29 is 14.8 Å². The Kier molecular flexibility index (Phi) is 7.07. The Bertz CT molecular complexity index is 1630. The number of thioether (sulfide) groups is 1. The van der Waals surface area contributed by atoms with Crippen molar-refractivity contribution >= 4 is 56.7 Å². The van der Waals surface area contributed by atoms with Crippen molar-refractivity contribution in [2.75, 3.05) is 5.75 Å². The maximum Gasteiger partial charge on any atom is 0.270 e. The Morgan fingerprint density at radius 2 is 1.76 bits per heavy atom. The number of phenols is 1. The molecule has 0 spiro atoms. The van der Waals surface area contributed by atoms with Gasteiger partial charge in [-0.25, -0.2) is 4.98 Å². The van der Waals surface area contributed by atoms with Crippen LogP contribution in [0.15, 0.2) is 100 Å². The fourth-order valence-electron chi connectivity index (χ4n) is 3.63. The molecule has 4 aromatic carbocycles. The van der Waals surface area contributed by atoms with E-state index in [1.165, 1.54) is 47.5 Å². The van der Waals surface area contributed by atoms with Gasteiger partial charge < -0.3 is 5.11 Å². The molecule has 0 aliphatic carbocycles. The van der Waals surface area contributed by atoms with Crippen LogP contribution >= 0.6 is 23.1 Å². The first-order valence-electron chi connectivity index (χ1n) is 11.2. The third-order valence-electron chi connectivity index (χ3n) is 5.57. The van der Waals surface area contributed by atoms with Crippen LogP contribution in [0.25, 0.3) is 21.3 Å². The van der Waals surface area contributed by atoms with E-state index in [9.17, 15) is 20.0 Å². The molecule has 5 rings (SSSR count). The first-order chi connectivity index (χ1) is 18.0. The zero-order valence-corrected chi connectivity index (χ0v) is 20.9. The van der Waals surface area contributed by atoms with Gasteiger partial charge in [0.15, 0.2) is 10.1 Å². The number of carbonyl (C=O) groups excluding carboxylic acids is 1. The van der Waals surface area contributed by atoms with Crippen LogP contribution in [0.4, 0.5) is 11.4 Å². The number of carbonyl (C=O) groups is 1. The zero-order valence-electron chi connectivity index (χ0n) is 19.3. The number of nitro groups is 1. The quantitative estimate of drug-likeness (QED) is 0.0749. The monoisotopic (exact) mass is 525 g/mol. The van der Waals surface area contributed by atoms with E-state index in [1.54, 1.807) is 6.07 Å². The maximum atomic E-state index is 12.7. The maximum absolute atomic E-state index is 12.7. The van der Waals surface area contributed by atoms with Crippen LogP contribution in [-0.4, -0.2) is 32.8 Å². The molecule has 1 heterocycles. The summed E-state index contributed by atoms with van der Waals surface area (Å²) in [6.07, 6.45) is 1.39. The molecule has 0 saturated heterocycles. The summed E-state index contributed by atoms with van der Waals surface area (Å²) in [5, 5.41) is 21.0. The van der Waals surface area contributed by atoms with Gasteiger partial charge in [-0.15, -0.1) is 11.3 Å². The van der Waals surface area contributed by atoms with Gasteiger partial charge in [0.25, 0.3) is 5.69 Å². The molecule has 5 aromatic rings. The highest BCUT2D eigenvalue weighted by atomic mass is 32.2. The number of hydrogen-bond donors (Lipinski definition) is 1. The Morgan fingerprint density at radius 3 is 2.51 bits per heavy atom. The predicted octanol–water partition coefficient (Wildman–Crippen LogP) is 7.30. The summed E-state index contributed by atoms with van der Waals surface area (Å²) in [6.45, 7) is 0. The topological polar surface area (TPSA) is 106 Å². The number of aromatic nitrogens is 1. The van der Waals surface area contributed by atoms with E-state index in [-0.39, 0.29) is 28.5 Å². The smallest absolute Gasteiger partial charge is 0.270 e. The normalized spacial score (nSPS) is 11.2. The Balaban J connectivity index is 1.25. The second kappa shape index (κ2) is 10.7. The third-order valence-corrected chi connectivity index (χ3v) is 7.73. The largest absolute Gasteiger partial charge is 0.507 e. The standard InChI is InChI=1S/C28H19N3O4S2/c32-25-13-11-23(31(34)35)14-21(25)16-29-22-10-12-24-27(15-22)37-28(30-24)36-17-26(33)20-8-6-19(7-9-20)18-4-2-1-3-5-18/h1-16,32H,17H2. The minimum Gasteiger partial charge on any atom is -0.507 e. The fourth-order valence-corrected chi connectivity index (χ4v) is 5.62. The number of nitrogens with zero attached hydrogens (tertiary/aromatic N) is 3. The summed E-state index contributed by atoms with van der Waals surface area (Å²) >= 11 is 2.86. The fraction of sp³-hybridized carbons (Fsp3) is 0.0357. The Labute approximate surface area is 220 Å². The van der Waals surface area contributed by atoms with Gasteiger partial charge >= 0.3 is 0 Å². The lowest BCUT2D eigenvalue weighted by molar-refractivity contribution is -0.384. The molecular weight excluding hydrogens is 506 g/mol. The molecule has 0 fully saturated rings. The summed E-state index contributed by atoms with van der Waals surface area (Å²) in [5.41, 5.74) is 4.38. The van der Waals surface area contributed by atoms with E-state index in [1.807, 2.05) is 66.7 Å². The third kappa shape index (κ3) is 5.74. The van der Waals surface area contributed by atoms with Crippen molar-refractivity contribution in [3.8, 4) is 16.9 Å². The van der Waals surface area contributed by atoms with Gasteiger partial charge in [0.2, 0.25) is 0 Å². The van der Waals surface area contributed by atoms with Gasteiger partial charge in [0, 0.05) is 29.5 Å². The number of rotatable bonds is 8.